The fraction of sp³-hybridized carbons (Fsp3) is 0.357. The summed E-state index contributed by atoms with van der Waals surface area (Å²) in [7, 11) is 0. The molecule has 0 saturated carbocycles. The maximum Gasteiger partial charge on any atom is 0.146 e. The van der Waals surface area contributed by atoms with Crippen molar-refractivity contribution in [2.24, 2.45) is 0 Å². The molecule has 1 aromatic heterocycles. The van der Waals surface area contributed by atoms with Crippen LogP contribution in [0.2, 0.25) is 0 Å². The van der Waals surface area contributed by atoms with E-state index in [9.17, 15) is 0 Å². The molecule has 2 rings (SSSR count). The Labute approximate surface area is 106 Å². The molecule has 0 atom stereocenters. The van der Waals surface area contributed by atoms with Crippen LogP contribution in [-0.2, 0) is 12.2 Å². The Kier molecular flexibility index (Phi) is 4.68. The third-order valence-corrected chi connectivity index (χ3v) is 3.58. The van der Waals surface area contributed by atoms with E-state index in [0.29, 0.717) is 0 Å². The van der Waals surface area contributed by atoms with Crippen molar-refractivity contribution in [3.05, 3.63) is 53.4 Å². The van der Waals surface area contributed by atoms with Gasteiger partial charge in [0.2, 0.25) is 0 Å². The van der Waals surface area contributed by atoms with Gasteiger partial charge in [0.15, 0.2) is 0 Å². The van der Waals surface area contributed by atoms with Gasteiger partial charge < -0.3 is 4.52 Å². The molecule has 0 spiro atoms. The summed E-state index contributed by atoms with van der Waals surface area (Å²) in [6.07, 6.45) is 2.37. The Morgan fingerprint density at radius 3 is 2.76 bits per heavy atom. The lowest BCUT2D eigenvalue weighted by molar-refractivity contribution is 0.391. The molecule has 90 valence electrons. The van der Waals surface area contributed by atoms with E-state index in [1.165, 1.54) is 12.0 Å². The molecule has 1 aromatic carbocycles. The summed E-state index contributed by atoms with van der Waals surface area (Å²) in [6.45, 7) is 1.95. The van der Waals surface area contributed by atoms with Crippen LogP contribution in [0.3, 0.4) is 0 Å². The van der Waals surface area contributed by atoms with Gasteiger partial charge in [0.1, 0.15) is 5.76 Å². The zero-order valence-electron chi connectivity index (χ0n) is 10.1. The molecule has 0 N–H and O–H groups in total. The fourth-order valence-electron chi connectivity index (χ4n) is 1.68. The number of hydrogen-bond donors (Lipinski definition) is 0. The first-order chi connectivity index (χ1) is 8.34. The number of aromatic nitrogens is 1. The molecule has 2 nitrogen and oxygen atoms in total. The average molecular weight is 247 g/mol. The Morgan fingerprint density at radius 2 is 2.06 bits per heavy atom. The minimum absolute atomic E-state index is 0.926. The van der Waals surface area contributed by atoms with Crippen LogP contribution in [0.5, 0.6) is 0 Å². The highest BCUT2D eigenvalue weighted by atomic mass is 32.2. The molecule has 0 aliphatic carbocycles. The van der Waals surface area contributed by atoms with E-state index >= 15 is 0 Å². The van der Waals surface area contributed by atoms with Crippen LogP contribution in [0, 0.1) is 6.92 Å². The molecule has 0 saturated heterocycles. The van der Waals surface area contributed by atoms with Crippen LogP contribution in [0.4, 0.5) is 0 Å². The van der Waals surface area contributed by atoms with Crippen molar-refractivity contribution in [2.75, 3.05) is 5.75 Å². The predicted octanol–water partition coefficient (Wildman–Crippen LogP) is 3.85. The highest BCUT2D eigenvalue weighted by Crippen LogP contribution is 2.15. The molecule has 17 heavy (non-hydrogen) atoms. The minimum Gasteiger partial charge on any atom is -0.360 e. The van der Waals surface area contributed by atoms with Crippen LogP contribution < -0.4 is 0 Å². The second-order valence-electron chi connectivity index (χ2n) is 4.08. The predicted molar refractivity (Wildman–Crippen MR) is 72.2 cm³/mol. The summed E-state index contributed by atoms with van der Waals surface area (Å²) in [5.41, 5.74) is 2.38. The smallest absolute Gasteiger partial charge is 0.146 e. The van der Waals surface area contributed by atoms with Gasteiger partial charge in [-0.15, -0.1) is 0 Å². The van der Waals surface area contributed by atoms with Crippen LogP contribution in [0.25, 0.3) is 0 Å². The summed E-state index contributed by atoms with van der Waals surface area (Å²) >= 11 is 1.91. The number of nitrogens with zero attached hydrogens (tertiary/aromatic N) is 1. The zero-order chi connectivity index (χ0) is 11.9. The van der Waals surface area contributed by atoms with Crippen molar-refractivity contribution in [1.29, 1.82) is 0 Å². The molecular weight excluding hydrogens is 230 g/mol. The quantitative estimate of drug-likeness (QED) is 0.725. The van der Waals surface area contributed by atoms with Crippen molar-refractivity contribution >= 4 is 11.8 Å². The lowest BCUT2D eigenvalue weighted by atomic mass is 10.1. The summed E-state index contributed by atoms with van der Waals surface area (Å²) in [5.74, 6) is 3.07. The van der Waals surface area contributed by atoms with Gasteiger partial charge in [-0.1, -0.05) is 35.5 Å². The Morgan fingerprint density at radius 1 is 1.24 bits per heavy atom. The van der Waals surface area contributed by atoms with Crippen LogP contribution in [0.1, 0.15) is 23.4 Å². The van der Waals surface area contributed by atoms with E-state index in [1.54, 1.807) is 0 Å². The van der Waals surface area contributed by atoms with Gasteiger partial charge in [0, 0.05) is 6.07 Å². The minimum atomic E-state index is 0.926. The first-order valence-corrected chi connectivity index (χ1v) is 7.04. The highest BCUT2D eigenvalue weighted by Gasteiger charge is 2.00. The summed E-state index contributed by atoms with van der Waals surface area (Å²) in [5, 5.41) is 3.87. The fourth-order valence-corrected chi connectivity index (χ4v) is 2.51. The molecule has 2 aromatic rings. The Balaban J connectivity index is 1.61. The first kappa shape index (κ1) is 12.2. The Bertz CT molecular complexity index is 438. The van der Waals surface area contributed by atoms with Crippen molar-refractivity contribution in [1.82, 2.24) is 5.16 Å². The monoisotopic (exact) mass is 247 g/mol. The van der Waals surface area contributed by atoms with E-state index in [4.69, 9.17) is 4.52 Å². The van der Waals surface area contributed by atoms with Crippen molar-refractivity contribution in [3.63, 3.8) is 0 Å². The summed E-state index contributed by atoms with van der Waals surface area (Å²) in [6, 6.07) is 12.6. The largest absolute Gasteiger partial charge is 0.360 e. The molecule has 0 amide bonds. The van der Waals surface area contributed by atoms with Crippen LogP contribution in [-0.4, -0.2) is 10.9 Å². The van der Waals surface area contributed by atoms with Crippen LogP contribution in [0.15, 0.2) is 40.9 Å². The average Bonchev–Trinajstić information content (AvgIpc) is 2.76. The maximum atomic E-state index is 5.16. The van der Waals surface area contributed by atoms with Gasteiger partial charge in [-0.2, -0.15) is 11.8 Å². The van der Waals surface area contributed by atoms with Gasteiger partial charge in [-0.25, -0.2) is 0 Å². The number of rotatable bonds is 6. The molecule has 0 radical (unpaired) electrons. The van der Waals surface area contributed by atoms with Crippen molar-refractivity contribution in [2.45, 2.75) is 25.5 Å². The molecular formula is C14H17NOS. The summed E-state index contributed by atoms with van der Waals surface area (Å²) in [4.78, 5) is 0. The van der Waals surface area contributed by atoms with Gasteiger partial charge in [0.05, 0.1) is 11.4 Å². The molecule has 0 aliphatic heterocycles. The lowest BCUT2D eigenvalue weighted by Crippen LogP contribution is -1.87. The van der Waals surface area contributed by atoms with Gasteiger partial charge in [0.25, 0.3) is 0 Å². The number of aryl methyl sites for hydroxylation is 2. The van der Waals surface area contributed by atoms with E-state index in [1.807, 2.05) is 24.8 Å². The molecule has 0 bridgehead atoms. The molecule has 0 aliphatic rings. The number of thioether (sulfide) groups is 1. The van der Waals surface area contributed by atoms with Gasteiger partial charge >= 0.3 is 0 Å². The zero-order valence-corrected chi connectivity index (χ0v) is 10.9. The number of hydrogen-bond acceptors (Lipinski definition) is 3. The first-order valence-electron chi connectivity index (χ1n) is 5.88. The molecule has 3 heteroatoms. The van der Waals surface area contributed by atoms with Crippen molar-refractivity contribution in [3.8, 4) is 0 Å². The molecule has 0 fully saturated rings. The van der Waals surface area contributed by atoms with E-state index in [2.05, 4.69) is 35.5 Å². The second kappa shape index (κ2) is 6.50. The Hall–Kier alpha value is -1.22. The SMILES string of the molecule is Cc1cc(CSCCCc2ccccc2)on1. The lowest BCUT2D eigenvalue weighted by Gasteiger charge is -2.00. The topological polar surface area (TPSA) is 26.0 Å². The standard InChI is InChI=1S/C14H17NOS/c1-12-10-14(16-15-12)11-17-9-5-8-13-6-3-2-4-7-13/h2-4,6-7,10H,5,8-9,11H2,1H3. The second-order valence-corrected chi connectivity index (χ2v) is 5.18. The maximum absolute atomic E-state index is 5.16. The third-order valence-electron chi connectivity index (χ3n) is 2.52. The van der Waals surface area contributed by atoms with E-state index in [0.717, 1.165) is 29.4 Å². The molecule has 1 heterocycles. The van der Waals surface area contributed by atoms with E-state index < -0.39 is 0 Å². The molecule has 0 unspecified atom stereocenters. The normalized spacial score (nSPS) is 10.6. The van der Waals surface area contributed by atoms with Crippen LogP contribution >= 0.6 is 11.8 Å². The van der Waals surface area contributed by atoms with Gasteiger partial charge in [-0.3, -0.25) is 0 Å². The highest BCUT2D eigenvalue weighted by molar-refractivity contribution is 7.98. The van der Waals surface area contributed by atoms with Crippen molar-refractivity contribution < 1.29 is 4.52 Å². The number of benzene rings is 1. The van der Waals surface area contributed by atoms with E-state index in [-0.39, 0.29) is 0 Å². The van der Waals surface area contributed by atoms with Gasteiger partial charge in [-0.05, 0) is 31.1 Å². The summed E-state index contributed by atoms with van der Waals surface area (Å²) < 4.78 is 5.16. The third kappa shape index (κ3) is 4.27.